The van der Waals surface area contributed by atoms with E-state index in [1.807, 2.05) is 6.07 Å². The molecule has 1 aliphatic rings. The SMILES string of the molecule is CCC1CCN(S(=O)(=O)Cc2cccc(N)c2)CC1. The quantitative estimate of drug-likeness (QED) is 0.861. The maximum Gasteiger partial charge on any atom is 0.218 e. The maximum atomic E-state index is 12.3. The van der Waals surface area contributed by atoms with E-state index in [1.165, 1.54) is 0 Å². The van der Waals surface area contributed by atoms with Crippen molar-refractivity contribution >= 4 is 15.7 Å². The molecule has 1 aromatic carbocycles. The summed E-state index contributed by atoms with van der Waals surface area (Å²) in [7, 11) is -3.21. The minimum absolute atomic E-state index is 0.0504. The summed E-state index contributed by atoms with van der Waals surface area (Å²) in [5.41, 5.74) is 7.05. The molecule has 1 aliphatic heterocycles. The number of nitrogens with two attached hydrogens (primary N) is 1. The molecule has 1 heterocycles. The zero-order chi connectivity index (χ0) is 13.9. The van der Waals surface area contributed by atoms with E-state index in [2.05, 4.69) is 6.92 Å². The molecule has 0 amide bonds. The average molecular weight is 282 g/mol. The number of benzene rings is 1. The molecular weight excluding hydrogens is 260 g/mol. The van der Waals surface area contributed by atoms with E-state index < -0.39 is 10.0 Å². The Morgan fingerprint density at radius 1 is 1.32 bits per heavy atom. The third kappa shape index (κ3) is 3.70. The van der Waals surface area contributed by atoms with E-state index in [4.69, 9.17) is 5.73 Å². The number of sulfonamides is 1. The van der Waals surface area contributed by atoms with Gasteiger partial charge in [-0.15, -0.1) is 0 Å². The first-order valence-electron chi connectivity index (χ1n) is 6.83. The Balaban J connectivity index is 2.03. The molecule has 0 saturated carbocycles. The number of anilines is 1. The maximum absolute atomic E-state index is 12.3. The summed E-state index contributed by atoms with van der Waals surface area (Å²) in [5.74, 6) is 0.730. The van der Waals surface area contributed by atoms with Gasteiger partial charge in [0.1, 0.15) is 0 Å². The third-order valence-corrected chi connectivity index (χ3v) is 5.69. The highest BCUT2D eigenvalue weighted by atomic mass is 32.2. The number of nitrogen functional groups attached to an aromatic ring is 1. The summed E-state index contributed by atoms with van der Waals surface area (Å²) in [4.78, 5) is 0. The smallest absolute Gasteiger partial charge is 0.218 e. The highest BCUT2D eigenvalue weighted by molar-refractivity contribution is 7.88. The van der Waals surface area contributed by atoms with Gasteiger partial charge in [-0.05, 0) is 36.5 Å². The molecule has 5 heteroatoms. The molecule has 0 atom stereocenters. The predicted molar refractivity (Wildman–Crippen MR) is 78.1 cm³/mol. The number of piperidine rings is 1. The lowest BCUT2D eigenvalue weighted by Crippen LogP contribution is -2.39. The first-order chi connectivity index (χ1) is 9.01. The van der Waals surface area contributed by atoms with E-state index in [1.54, 1.807) is 22.5 Å². The van der Waals surface area contributed by atoms with Crippen LogP contribution in [-0.2, 0) is 15.8 Å². The molecule has 0 unspecified atom stereocenters. The Labute approximate surface area is 115 Å². The zero-order valence-corrected chi connectivity index (χ0v) is 12.2. The second-order valence-electron chi connectivity index (χ2n) is 5.25. The molecule has 0 bridgehead atoms. The van der Waals surface area contributed by atoms with Crippen LogP contribution in [0.3, 0.4) is 0 Å². The van der Waals surface area contributed by atoms with E-state index in [-0.39, 0.29) is 5.75 Å². The Hall–Kier alpha value is -1.07. The van der Waals surface area contributed by atoms with Crippen molar-refractivity contribution in [3.63, 3.8) is 0 Å². The Bertz CT molecular complexity index is 520. The molecule has 1 aromatic rings. The van der Waals surface area contributed by atoms with Crippen molar-refractivity contribution in [1.82, 2.24) is 4.31 Å². The number of rotatable bonds is 4. The van der Waals surface area contributed by atoms with E-state index in [0.717, 1.165) is 24.8 Å². The van der Waals surface area contributed by atoms with Crippen molar-refractivity contribution in [2.45, 2.75) is 31.9 Å². The largest absolute Gasteiger partial charge is 0.399 e. The fourth-order valence-electron chi connectivity index (χ4n) is 2.58. The number of hydrogen-bond acceptors (Lipinski definition) is 3. The first-order valence-corrected chi connectivity index (χ1v) is 8.44. The van der Waals surface area contributed by atoms with E-state index in [0.29, 0.717) is 24.7 Å². The number of nitrogens with zero attached hydrogens (tertiary/aromatic N) is 1. The van der Waals surface area contributed by atoms with Crippen LogP contribution in [0.5, 0.6) is 0 Å². The van der Waals surface area contributed by atoms with Crippen molar-refractivity contribution in [1.29, 1.82) is 0 Å². The van der Waals surface area contributed by atoms with Crippen molar-refractivity contribution in [2.24, 2.45) is 5.92 Å². The summed E-state index contributed by atoms with van der Waals surface area (Å²) in [6.45, 7) is 3.48. The highest BCUT2D eigenvalue weighted by Gasteiger charge is 2.27. The molecule has 1 saturated heterocycles. The molecule has 0 aromatic heterocycles. The molecule has 0 spiro atoms. The summed E-state index contributed by atoms with van der Waals surface area (Å²) in [6.07, 6.45) is 3.10. The van der Waals surface area contributed by atoms with Gasteiger partial charge < -0.3 is 5.73 Å². The van der Waals surface area contributed by atoms with Gasteiger partial charge >= 0.3 is 0 Å². The van der Waals surface area contributed by atoms with Crippen LogP contribution in [0, 0.1) is 5.92 Å². The summed E-state index contributed by atoms with van der Waals surface area (Å²) >= 11 is 0. The van der Waals surface area contributed by atoms with Crippen molar-refractivity contribution in [2.75, 3.05) is 18.8 Å². The standard InChI is InChI=1S/C14H22N2O2S/c1-2-12-6-8-16(9-7-12)19(17,18)11-13-4-3-5-14(15)10-13/h3-5,10,12H,2,6-9,11,15H2,1H3. The summed E-state index contributed by atoms with van der Waals surface area (Å²) in [6, 6.07) is 7.11. The van der Waals surface area contributed by atoms with Gasteiger partial charge in [0, 0.05) is 18.8 Å². The lowest BCUT2D eigenvalue weighted by Gasteiger charge is -2.30. The fourth-order valence-corrected chi connectivity index (χ4v) is 4.13. The number of hydrogen-bond donors (Lipinski definition) is 1. The van der Waals surface area contributed by atoms with Gasteiger partial charge in [0.25, 0.3) is 0 Å². The molecule has 2 N–H and O–H groups in total. The Morgan fingerprint density at radius 2 is 2.00 bits per heavy atom. The minimum Gasteiger partial charge on any atom is -0.399 e. The molecule has 19 heavy (non-hydrogen) atoms. The third-order valence-electron chi connectivity index (χ3n) is 3.84. The molecule has 4 nitrogen and oxygen atoms in total. The first kappa shape index (κ1) is 14.3. The van der Waals surface area contributed by atoms with E-state index in [9.17, 15) is 8.42 Å². The summed E-state index contributed by atoms with van der Waals surface area (Å²) < 4.78 is 26.3. The van der Waals surface area contributed by atoms with Gasteiger partial charge in [0.05, 0.1) is 5.75 Å². The van der Waals surface area contributed by atoms with Crippen molar-refractivity contribution < 1.29 is 8.42 Å². The van der Waals surface area contributed by atoms with Crippen molar-refractivity contribution in [3.8, 4) is 0 Å². The van der Waals surface area contributed by atoms with Crippen LogP contribution >= 0.6 is 0 Å². The summed E-state index contributed by atoms with van der Waals surface area (Å²) in [5, 5.41) is 0. The predicted octanol–water partition coefficient (Wildman–Crippen LogP) is 2.22. The zero-order valence-electron chi connectivity index (χ0n) is 11.4. The van der Waals surface area contributed by atoms with Crippen LogP contribution in [-0.4, -0.2) is 25.8 Å². The molecule has 106 valence electrons. The van der Waals surface area contributed by atoms with E-state index >= 15 is 0 Å². The van der Waals surface area contributed by atoms with Crippen LogP contribution in [0.25, 0.3) is 0 Å². The second kappa shape index (κ2) is 5.92. The molecule has 2 rings (SSSR count). The van der Waals surface area contributed by atoms with Crippen LogP contribution in [0.2, 0.25) is 0 Å². The molecule has 0 aliphatic carbocycles. The topological polar surface area (TPSA) is 63.4 Å². The van der Waals surface area contributed by atoms with Gasteiger partial charge in [-0.1, -0.05) is 25.5 Å². The van der Waals surface area contributed by atoms with Gasteiger partial charge in [-0.25, -0.2) is 12.7 Å². The van der Waals surface area contributed by atoms with Crippen LogP contribution in [0.1, 0.15) is 31.7 Å². The molecule has 1 fully saturated rings. The van der Waals surface area contributed by atoms with Crippen LogP contribution in [0.15, 0.2) is 24.3 Å². The minimum atomic E-state index is -3.21. The average Bonchev–Trinajstić information content (AvgIpc) is 2.38. The normalized spacial score (nSPS) is 18.6. The van der Waals surface area contributed by atoms with Gasteiger partial charge in [-0.2, -0.15) is 0 Å². The molecule has 0 radical (unpaired) electrons. The van der Waals surface area contributed by atoms with Crippen LogP contribution in [0.4, 0.5) is 5.69 Å². The van der Waals surface area contributed by atoms with Gasteiger partial charge in [0.15, 0.2) is 0 Å². The Kier molecular flexibility index (Phi) is 4.47. The van der Waals surface area contributed by atoms with Gasteiger partial charge in [0.2, 0.25) is 10.0 Å². The van der Waals surface area contributed by atoms with Crippen molar-refractivity contribution in [3.05, 3.63) is 29.8 Å². The van der Waals surface area contributed by atoms with Crippen LogP contribution < -0.4 is 5.73 Å². The highest BCUT2D eigenvalue weighted by Crippen LogP contribution is 2.23. The molecular formula is C14H22N2O2S. The second-order valence-corrected chi connectivity index (χ2v) is 7.22. The fraction of sp³-hybridized carbons (Fsp3) is 0.571. The lowest BCUT2D eigenvalue weighted by molar-refractivity contribution is 0.269. The Morgan fingerprint density at radius 3 is 2.58 bits per heavy atom. The van der Waals surface area contributed by atoms with Gasteiger partial charge in [-0.3, -0.25) is 0 Å². The lowest BCUT2D eigenvalue weighted by atomic mass is 9.96. The monoisotopic (exact) mass is 282 g/mol.